The van der Waals surface area contributed by atoms with Gasteiger partial charge in [0.25, 0.3) is 5.91 Å². The van der Waals surface area contributed by atoms with Crippen molar-refractivity contribution in [3.8, 4) is 5.75 Å². The van der Waals surface area contributed by atoms with Gasteiger partial charge in [-0.3, -0.25) is 4.79 Å². The fourth-order valence-electron chi connectivity index (χ4n) is 3.18. The second-order valence-corrected chi connectivity index (χ2v) is 6.58. The Kier molecular flexibility index (Phi) is 4.57. The Hall–Kier alpha value is -0.970. The standard InChI is InChI=1S/C15H18Cl2N2O2/c16-9-1-4-13(17)14(5-9)21-8-15(20)19-12-6-10-2-3-11(7-12)18-10/h1,4-5,10-12,18H,2-3,6-8H2,(H,19,20). The maximum Gasteiger partial charge on any atom is 0.258 e. The number of benzene rings is 1. The smallest absolute Gasteiger partial charge is 0.258 e. The number of piperidine rings is 1. The zero-order valence-corrected chi connectivity index (χ0v) is 13.1. The lowest BCUT2D eigenvalue weighted by atomic mass is 10.00. The van der Waals surface area contributed by atoms with Crippen molar-refractivity contribution in [2.75, 3.05) is 6.61 Å². The number of hydrogen-bond donors (Lipinski definition) is 2. The van der Waals surface area contributed by atoms with Crippen LogP contribution >= 0.6 is 23.2 Å². The molecule has 2 heterocycles. The van der Waals surface area contributed by atoms with Crippen molar-refractivity contribution in [1.82, 2.24) is 10.6 Å². The van der Waals surface area contributed by atoms with Crippen molar-refractivity contribution in [1.29, 1.82) is 0 Å². The molecule has 0 spiro atoms. The maximum atomic E-state index is 12.0. The van der Waals surface area contributed by atoms with Gasteiger partial charge in [0, 0.05) is 29.2 Å². The van der Waals surface area contributed by atoms with Gasteiger partial charge in [0.15, 0.2) is 6.61 Å². The second-order valence-electron chi connectivity index (χ2n) is 5.74. The Morgan fingerprint density at radius 1 is 1.29 bits per heavy atom. The molecule has 2 fully saturated rings. The summed E-state index contributed by atoms with van der Waals surface area (Å²) in [5.41, 5.74) is 0. The molecule has 114 valence electrons. The van der Waals surface area contributed by atoms with Gasteiger partial charge in [0.1, 0.15) is 5.75 Å². The Labute approximate surface area is 134 Å². The topological polar surface area (TPSA) is 50.4 Å². The molecule has 2 atom stereocenters. The fourth-order valence-corrected chi connectivity index (χ4v) is 3.51. The van der Waals surface area contributed by atoms with Gasteiger partial charge in [-0.05, 0) is 37.8 Å². The molecule has 2 unspecified atom stereocenters. The minimum absolute atomic E-state index is 0.0423. The number of halogens is 2. The van der Waals surface area contributed by atoms with E-state index in [9.17, 15) is 4.79 Å². The Morgan fingerprint density at radius 3 is 2.71 bits per heavy atom. The number of amides is 1. The van der Waals surface area contributed by atoms with Gasteiger partial charge in [0.2, 0.25) is 0 Å². The molecule has 1 amide bonds. The second kappa shape index (κ2) is 6.42. The first kappa shape index (κ1) is 14.9. The molecular weight excluding hydrogens is 311 g/mol. The highest BCUT2D eigenvalue weighted by atomic mass is 35.5. The van der Waals surface area contributed by atoms with Gasteiger partial charge in [0.05, 0.1) is 5.02 Å². The molecule has 2 aliphatic heterocycles. The van der Waals surface area contributed by atoms with E-state index in [4.69, 9.17) is 27.9 Å². The van der Waals surface area contributed by atoms with E-state index in [0.717, 1.165) is 12.8 Å². The van der Waals surface area contributed by atoms with Gasteiger partial charge in [-0.1, -0.05) is 23.2 Å². The summed E-state index contributed by atoms with van der Waals surface area (Å²) >= 11 is 11.9. The molecule has 2 aliphatic rings. The first-order valence-corrected chi connectivity index (χ1v) is 7.99. The molecule has 2 saturated heterocycles. The average molecular weight is 329 g/mol. The SMILES string of the molecule is O=C(COc1cc(Cl)ccc1Cl)NC1CC2CCC(C1)N2. The zero-order valence-electron chi connectivity index (χ0n) is 11.6. The number of rotatable bonds is 4. The van der Waals surface area contributed by atoms with Crippen LogP contribution in [-0.4, -0.2) is 30.6 Å². The van der Waals surface area contributed by atoms with E-state index >= 15 is 0 Å². The average Bonchev–Trinajstić information content (AvgIpc) is 2.79. The van der Waals surface area contributed by atoms with E-state index in [1.807, 2.05) is 0 Å². The molecule has 0 saturated carbocycles. The van der Waals surface area contributed by atoms with Crippen LogP contribution in [0.15, 0.2) is 18.2 Å². The number of fused-ring (bicyclic) bond motifs is 2. The number of hydrogen-bond acceptors (Lipinski definition) is 3. The fraction of sp³-hybridized carbons (Fsp3) is 0.533. The Morgan fingerprint density at radius 2 is 2.00 bits per heavy atom. The van der Waals surface area contributed by atoms with Crippen molar-refractivity contribution in [2.45, 2.75) is 43.8 Å². The molecule has 21 heavy (non-hydrogen) atoms. The molecule has 4 nitrogen and oxygen atoms in total. The van der Waals surface area contributed by atoms with Crippen LogP contribution in [0.3, 0.4) is 0 Å². The summed E-state index contributed by atoms with van der Waals surface area (Å²) in [4.78, 5) is 12.0. The Bertz CT molecular complexity index is 526. The summed E-state index contributed by atoms with van der Waals surface area (Å²) in [5, 5.41) is 7.58. The van der Waals surface area contributed by atoms with Gasteiger partial charge in [-0.25, -0.2) is 0 Å². The van der Waals surface area contributed by atoms with Crippen molar-refractivity contribution in [2.24, 2.45) is 0 Å². The van der Waals surface area contributed by atoms with Crippen molar-refractivity contribution in [3.05, 3.63) is 28.2 Å². The van der Waals surface area contributed by atoms with E-state index in [1.165, 1.54) is 12.8 Å². The highest BCUT2D eigenvalue weighted by Crippen LogP contribution is 2.28. The lowest BCUT2D eigenvalue weighted by Gasteiger charge is -2.29. The predicted octanol–water partition coefficient (Wildman–Crippen LogP) is 2.77. The van der Waals surface area contributed by atoms with E-state index in [-0.39, 0.29) is 18.6 Å². The van der Waals surface area contributed by atoms with Crippen LogP contribution in [0, 0.1) is 0 Å². The van der Waals surface area contributed by atoms with Crippen LogP contribution in [0.5, 0.6) is 5.75 Å². The summed E-state index contributed by atoms with van der Waals surface area (Å²) in [7, 11) is 0. The molecule has 1 aromatic rings. The number of carbonyl (C=O) groups excluding carboxylic acids is 1. The number of nitrogens with one attached hydrogen (secondary N) is 2. The van der Waals surface area contributed by atoms with E-state index in [1.54, 1.807) is 18.2 Å². The van der Waals surface area contributed by atoms with Crippen LogP contribution in [0.25, 0.3) is 0 Å². The van der Waals surface area contributed by atoms with Crippen LogP contribution in [-0.2, 0) is 4.79 Å². The third kappa shape index (κ3) is 3.82. The maximum absolute atomic E-state index is 12.0. The number of carbonyl (C=O) groups is 1. The molecule has 2 N–H and O–H groups in total. The third-order valence-corrected chi connectivity index (χ3v) is 4.64. The minimum atomic E-state index is -0.114. The molecule has 0 aliphatic carbocycles. The molecule has 2 bridgehead atoms. The van der Waals surface area contributed by atoms with Gasteiger partial charge < -0.3 is 15.4 Å². The predicted molar refractivity (Wildman–Crippen MR) is 83.1 cm³/mol. The van der Waals surface area contributed by atoms with Crippen LogP contribution < -0.4 is 15.4 Å². The monoisotopic (exact) mass is 328 g/mol. The first-order chi connectivity index (χ1) is 10.1. The molecule has 3 rings (SSSR count). The molecule has 1 aromatic carbocycles. The lowest BCUT2D eigenvalue weighted by Crippen LogP contribution is -2.48. The highest BCUT2D eigenvalue weighted by molar-refractivity contribution is 6.34. The molecule has 6 heteroatoms. The zero-order chi connectivity index (χ0) is 14.8. The lowest BCUT2D eigenvalue weighted by molar-refractivity contribution is -0.124. The van der Waals surface area contributed by atoms with Crippen LogP contribution in [0.4, 0.5) is 0 Å². The van der Waals surface area contributed by atoms with E-state index < -0.39 is 0 Å². The first-order valence-electron chi connectivity index (χ1n) is 7.23. The molecule has 0 aromatic heterocycles. The van der Waals surface area contributed by atoms with Crippen molar-refractivity contribution >= 4 is 29.1 Å². The van der Waals surface area contributed by atoms with E-state index in [0.29, 0.717) is 27.9 Å². The molecular formula is C15H18Cl2N2O2. The quantitative estimate of drug-likeness (QED) is 0.893. The Balaban J connectivity index is 1.49. The number of ether oxygens (including phenoxy) is 1. The van der Waals surface area contributed by atoms with Crippen molar-refractivity contribution in [3.63, 3.8) is 0 Å². The van der Waals surface area contributed by atoms with Gasteiger partial charge in [-0.2, -0.15) is 0 Å². The van der Waals surface area contributed by atoms with Gasteiger partial charge >= 0.3 is 0 Å². The van der Waals surface area contributed by atoms with Crippen LogP contribution in [0.2, 0.25) is 10.0 Å². The summed E-state index contributed by atoms with van der Waals surface area (Å²) in [6.07, 6.45) is 4.43. The summed E-state index contributed by atoms with van der Waals surface area (Å²) in [6, 6.07) is 6.30. The molecule has 0 radical (unpaired) electrons. The van der Waals surface area contributed by atoms with Gasteiger partial charge in [-0.15, -0.1) is 0 Å². The normalized spacial score (nSPS) is 27.4. The summed E-state index contributed by atoms with van der Waals surface area (Å²) in [6.45, 7) is -0.0423. The summed E-state index contributed by atoms with van der Waals surface area (Å²) in [5.74, 6) is 0.321. The van der Waals surface area contributed by atoms with Crippen molar-refractivity contribution < 1.29 is 9.53 Å². The summed E-state index contributed by atoms with van der Waals surface area (Å²) < 4.78 is 5.45. The van der Waals surface area contributed by atoms with Crippen LogP contribution in [0.1, 0.15) is 25.7 Å². The van der Waals surface area contributed by atoms with E-state index in [2.05, 4.69) is 10.6 Å². The highest BCUT2D eigenvalue weighted by Gasteiger charge is 2.33. The largest absolute Gasteiger partial charge is 0.482 e. The minimum Gasteiger partial charge on any atom is -0.482 e. The third-order valence-electron chi connectivity index (χ3n) is 4.09.